The number of nitrogens with zero attached hydrogens (tertiary/aromatic N) is 4. The second kappa shape index (κ2) is 20.6. The fraction of sp³-hybridized carbons (Fsp3) is 0.333. The van der Waals surface area contributed by atoms with Crippen LogP contribution in [0.2, 0.25) is 0 Å². The lowest BCUT2D eigenvalue weighted by molar-refractivity contribution is 0.0473. The third kappa shape index (κ3) is 18.6. The minimum atomic E-state index is -3.67. The van der Waals surface area contributed by atoms with Crippen LogP contribution in [0.3, 0.4) is 0 Å². The monoisotopic (exact) mass is 740 g/mol. The molecule has 50 heavy (non-hydrogen) atoms. The minimum absolute atomic E-state index is 0.104. The Bertz CT molecular complexity index is 2000. The molecule has 0 saturated heterocycles. The van der Waals surface area contributed by atoms with Gasteiger partial charge >= 0.3 is 11.9 Å². The Morgan fingerprint density at radius 2 is 1.06 bits per heavy atom. The van der Waals surface area contributed by atoms with Crippen molar-refractivity contribution in [1.29, 1.82) is 0 Å². The van der Waals surface area contributed by atoms with E-state index >= 15 is 0 Å². The van der Waals surface area contributed by atoms with Crippen LogP contribution in [0.5, 0.6) is 0 Å². The van der Waals surface area contributed by atoms with E-state index in [1.165, 1.54) is 6.07 Å². The van der Waals surface area contributed by atoms with Crippen molar-refractivity contribution in [2.75, 3.05) is 77.9 Å². The summed E-state index contributed by atoms with van der Waals surface area (Å²) in [5.74, 6) is -1.12. The van der Waals surface area contributed by atoms with E-state index in [9.17, 15) is 36.0 Å². The Morgan fingerprint density at radius 3 is 1.46 bits per heavy atom. The van der Waals surface area contributed by atoms with Gasteiger partial charge in [-0.3, -0.25) is 29.5 Å². The van der Waals surface area contributed by atoms with E-state index in [0.29, 0.717) is 31.3 Å². The minimum Gasteiger partial charge on any atom is -0.461 e. The molecule has 3 aromatic rings. The molecule has 0 heterocycles. The Kier molecular flexibility index (Phi) is 17.8. The molecule has 0 fully saturated rings. The molecule has 0 bridgehead atoms. The summed E-state index contributed by atoms with van der Waals surface area (Å²) < 4.78 is 62.3. The van der Waals surface area contributed by atoms with Crippen LogP contribution in [0.1, 0.15) is 20.7 Å². The molecule has 3 rings (SSSR count). The first-order chi connectivity index (χ1) is 23.2. The van der Waals surface area contributed by atoms with Gasteiger partial charge < -0.3 is 19.3 Å². The lowest BCUT2D eigenvalue weighted by Crippen LogP contribution is -2.48. The summed E-state index contributed by atoms with van der Waals surface area (Å²) in [5.41, 5.74) is 4.97. The van der Waals surface area contributed by atoms with Crippen LogP contribution in [0.15, 0.2) is 80.5 Å². The molecule has 0 atom stereocenters. The Morgan fingerprint density at radius 1 is 0.680 bits per heavy atom. The molecule has 3 aromatic carbocycles. The number of hydrogen-bond donors (Lipinski definition) is 4. The van der Waals surface area contributed by atoms with E-state index < -0.39 is 48.4 Å². The van der Waals surface area contributed by atoms with E-state index in [1.807, 2.05) is 38.0 Å². The quantitative estimate of drug-likeness (QED) is 0.105. The highest BCUT2D eigenvalue weighted by molar-refractivity contribution is 7.85. The normalized spacial score (nSPS) is 12.0. The highest BCUT2D eigenvalue weighted by Crippen LogP contribution is 2.17. The maximum absolute atomic E-state index is 13.0. The van der Waals surface area contributed by atoms with Gasteiger partial charge in [-0.1, -0.05) is 24.3 Å². The highest BCUT2D eigenvalue weighted by atomic mass is 32.2. The largest absolute Gasteiger partial charge is 0.461 e. The maximum atomic E-state index is 13.0. The predicted octanol–water partition coefficient (Wildman–Crippen LogP) is -0.417. The van der Waals surface area contributed by atoms with Crippen molar-refractivity contribution in [2.45, 2.75) is 0 Å². The van der Waals surface area contributed by atoms with Gasteiger partial charge in [-0.2, -0.15) is 27.0 Å². The molecule has 0 aliphatic carbocycles. The molecule has 0 radical (unpaired) electrons. The second-order valence-electron chi connectivity index (χ2n) is 10.6. The van der Waals surface area contributed by atoms with Gasteiger partial charge in [0.25, 0.3) is 20.2 Å². The van der Waals surface area contributed by atoms with Crippen LogP contribution in [0.25, 0.3) is 0 Å². The summed E-state index contributed by atoms with van der Waals surface area (Å²) in [5, 5.41) is 7.55. The Hall–Kier alpha value is -4.86. The number of rotatable bonds is 12. The third-order valence-electron chi connectivity index (χ3n) is 5.50. The molecule has 18 nitrogen and oxygen atoms in total. The number of ether oxygens (including phenoxy) is 2. The second-order valence-corrected chi connectivity index (χ2v) is 13.6. The van der Waals surface area contributed by atoms with Crippen LogP contribution in [-0.2, 0) is 29.7 Å². The van der Waals surface area contributed by atoms with E-state index in [-0.39, 0.29) is 35.4 Å². The number of para-hydroxylation sites is 2. The summed E-state index contributed by atoms with van der Waals surface area (Å²) in [6.45, 7) is 1.52. The lowest BCUT2D eigenvalue weighted by Gasteiger charge is -2.11. The summed E-state index contributed by atoms with van der Waals surface area (Å²) in [6, 6.07) is 15.4. The average molecular weight is 741 g/mol. The van der Waals surface area contributed by atoms with Crippen molar-refractivity contribution in [1.82, 2.24) is 9.80 Å². The topological polar surface area (TPSA) is 251 Å². The first kappa shape index (κ1) is 43.2. The molecule has 4 N–H and O–H groups in total. The van der Waals surface area contributed by atoms with Crippen LogP contribution in [0.4, 0.5) is 11.4 Å². The Labute approximate surface area is 288 Å². The predicted molar refractivity (Wildman–Crippen MR) is 185 cm³/mol. The molecular weight excluding hydrogens is 700 g/mol. The van der Waals surface area contributed by atoms with Crippen molar-refractivity contribution < 1.29 is 45.0 Å². The summed E-state index contributed by atoms with van der Waals surface area (Å²) in [7, 11) is 0.123. The third-order valence-corrected chi connectivity index (χ3v) is 5.50. The number of hydrogen-bond acceptors (Lipinski definition) is 16. The van der Waals surface area contributed by atoms with Crippen molar-refractivity contribution >= 4 is 43.5 Å². The highest BCUT2D eigenvalue weighted by Gasteiger charge is 2.14. The molecule has 0 saturated carbocycles. The molecule has 0 aromatic heterocycles. The fourth-order valence-corrected chi connectivity index (χ4v) is 3.29. The molecule has 274 valence electrons. The number of nitrogens with one attached hydrogen (secondary N) is 2. The first-order valence-electron chi connectivity index (χ1n) is 14.3. The van der Waals surface area contributed by atoms with E-state index in [4.69, 9.17) is 18.6 Å². The zero-order valence-corrected chi connectivity index (χ0v) is 29.8. The van der Waals surface area contributed by atoms with Gasteiger partial charge in [-0.25, -0.2) is 9.59 Å². The summed E-state index contributed by atoms with van der Waals surface area (Å²) in [4.78, 5) is 54.3. The Balaban J connectivity index is 0.00000109. The molecule has 0 unspecified atom stereocenters. The maximum Gasteiger partial charge on any atom is 0.340 e. The first-order valence-corrected chi connectivity index (χ1v) is 18.0. The number of carbonyl (C=O) groups is 2. The number of benzene rings is 3. The smallest absolute Gasteiger partial charge is 0.340 e. The fourth-order valence-electron chi connectivity index (χ4n) is 3.29. The molecule has 0 aliphatic heterocycles. The molecule has 0 spiro atoms. The number of likely N-dealkylation sites (N-methyl/N-ethyl adjacent to an activating group) is 2. The number of anilines is 2. The van der Waals surface area contributed by atoms with Gasteiger partial charge in [-0.15, -0.1) is 0 Å². The molecule has 0 amide bonds. The van der Waals surface area contributed by atoms with Crippen LogP contribution >= 0.6 is 0 Å². The summed E-state index contributed by atoms with van der Waals surface area (Å²) >= 11 is 0. The number of esters is 2. The zero-order chi connectivity index (χ0) is 38.1. The summed E-state index contributed by atoms with van der Waals surface area (Å²) in [6.07, 6.45) is 1.43. The van der Waals surface area contributed by atoms with Gasteiger partial charge in [0.15, 0.2) is 5.36 Å². The van der Waals surface area contributed by atoms with Crippen molar-refractivity contribution in [3.05, 3.63) is 103 Å². The van der Waals surface area contributed by atoms with Gasteiger partial charge in [0.2, 0.25) is 10.9 Å². The average Bonchev–Trinajstić information content (AvgIpc) is 2.99. The van der Waals surface area contributed by atoms with Gasteiger partial charge in [-0.05, 0) is 64.6 Å². The molecular formula is C30H40N6O12S2. The SMILES string of the molecule is CN(C)CCOC(=O)c1ccccc1N/N=c1/ccc(=O)/c(=N/Nc2ccccc2C(=O)OCCN(C)C)c1=O.CS(=O)(=O)O.CS(=O)(=O)O. The zero-order valence-electron chi connectivity index (χ0n) is 28.2. The van der Waals surface area contributed by atoms with Gasteiger partial charge in [0.05, 0.1) is 35.0 Å². The van der Waals surface area contributed by atoms with Crippen molar-refractivity contribution in [2.24, 2.45) is 10.2 Å². The van der Waals surface area contributed by atoms with E-state index in [0.717, 1.165) is 6.07 Å². The number of carbonyl (C=O) groups excluding carboxylic acids is 2. The van der Waals surface area contributed by atoms with E-state index in [1.54, 1.807) is 48.5 Å². The molecule has 20 heteroatoms. The van der Waals surface area contributed by atoms with Crippen LogP contribution in [-0.4, -0.2) is 115 Å². The van der Waals surface area contributed by atoms with Crippen molar-refractivity contribution in [3.63, 3.8) is 0 Å². The standard InChI is InChI=1S/C28H32N6O6.2CH4O3S/c1-33(2)15-17-39-27(37)19-9-5-7-11-21(19)29-31-23-13-14-24(35)25(26(23)36)32-30-22-12-8-6-10-20(22)28(38)40-18-16-34(3)4;2*1-5(2,3)4/h5-14,29-30H,15-18H2,1-4H3;2*1H3,(H,2,3,4)/b31-23-,32-25-;;. The lowest BCUT2D eigenvalue weighted by atomic mass is 10.2. The van der Waals surface area contributed by atoms with Gasteiger partial charge in [0.1, 0.15) is 18.6 Å². The van der Waals surface area contributed by atoms with Crippen LogP contribution < -0.4 is 32.4 Å². The van der Waals surface area contributed by atoms with Gasteiger partial charge in [0, 0.05) is 13.1 Å². The van der Waals surface area contributed by atoms with Crippen LogP contribution in [0, 0.1) is 0 Å². The van der Waals surface area contributed by atoms with Crippen molar-refractivity contribution in [3.8, 4) is 0 Å². The van der Waals surface area contributed by atoms with E-state index in [2.05, 4.69) is 21.1 Å². The molecule has 0 aliphatic rings.